The first-order valence-electron chi connectivity index (χ1n) is 4.92. The summed E-state index contributed by atoms with van der Waals surface area (Å²) in [5.41, 5.74) is 0.0562. The summed E-state index contributed by atoms with van der Waals surface area (Å²) in [6.45, 7) is 0. The first-order valence-corrected chi connectivity index (χ1v) is 4.92. The smallest absolute Gasteiger partial charge is 0.229 e. The quantitative estimate of drug-likeness (QED) is 0.529. The zero-order chi connectivity index (χ0) is 9.47. The third-order valence-electron chi connectivity index (χ3n) is 3.46. The average Bonchev–Trinajstić information content (AvgIpc) is 2.49. The summed E-state index contributed by atoms with van der Waals surface area (Å²) in [5.74, 6) is 0.0244. The van der Waals surface area contributed by atoms with Crippen LogP contribution in [0.1, 0.15) is 38.5 Å². The fraction of sp³-hybridized carbons (Fsp3) is 0.800. The highest BCUT2D eigenvalue weighted by Gasteiger charge is 2.43. The molecule has 2 aliphatic rings. The monoisotopic (exact) mass is 181 g/mol. The van der Waals surface area contributed by atoms with Crippen LogP contribution in [0.4, 0.5) is 0 Å². The maximum atomic E-state index is 11.5. The van der Waals surface area contributed by atoms with Crippen molar-refractivity contribution in [3.8, 4) is 0 Å². The van der Waals surface area contributed by atoms with Gasteiger partial charge in [0, 0.05) is 19.9 Å². The predicted octanol–water partition coefficient (Wildman–Crippen LogP) is 1.33. The summed E-state index contributed by atoms with van der Waals surface area (Å²) in [6.07, 6.45) is 5.69. The van der Waals surface area contributed by atoms with E-state index in [1.165, 1.54) is 17.7 Å². The second kappa shape index (κ2) is 2.82. The number of imide groups is 1. The minimum atomic E-state index is 0.0122. The molecule has 2 fully saturated rings. The Morgan fingerprint density at radius 2 is 1.54 bits per heavy atom. The van der Waals surface area contributed by atoms with Crippen LogP contribution in [0.15, 0.2) is 0 Å². The van der Waals surface area contributed by atoms with Crippen molar-refractivity contribution in [2.45, 2.75) is 38.5 Å². The number of piperidine rings is 1. The number of hydrogen-bond donors (Lipinski definition) is 0. The molecule has 0 unspecified atom stereocenters. The van der Waals surface area contributed by atoms with Crippen LogP contribution in [-0.4, -0.2) is 23.8 Å². The van der Waals surface area contributed by atoms with Crippen molar-refractivity contribution < 1.29 is 9.59 Å². The van der Waals surface area contributed by atoms with Gasteiger partial charge in [0.1, 0.15) is 0 Å². The molecular weight excluding hydrogens is 166 g/mol. The zero-order valence-corrected chi connectivity index (χ0v) is 8.01. The molecule has 1 aliphatic heterocycles. The van der Waals surface area contributed by atoms with Gasteiger partial charge >= 0.3 is 0 Å². The Morgan fingerprint density at radius 1 is 1.08 bits per heavy atom. The van der Waals surface area contributed by atoms with E-state index < -0.39 is 0 Å². The lowest BCUT2D eigenvalue weighted by atomic mass is 9.76. The summed E-state index contributed by atoms with van der Waals surface area (Å²) in [5, 5.41) is 0. The van der Waals surface area contributed by atoms with Gasteiger partial charge in [-0.1, -0.05) is 12.8 Å². The Bertz CT molecular complexity index is 234. The van der Waals surface area contributed by atoms with E-state index in [0.29, 0.717) is 12.8 Å². The largest absolute Gasteiger partial charge is 0.286 e. The zero-order valence-electron chi connectivity index (χ0n) is 8.01. The normalized spacial score (nSPS) is 27.3. The van der Waals surface area contributed by atoms with Crippen molar-refractivity contribution in [1.82, 2.24) is 4.90 Å². The molecule has 13 heavy (non-hydrogen) atoms. The predicted molar refractivity (Wildman–Crippen MR) is 47.9 cm³/mol. The van der Waals surface area contributed by atoms with E-state index in [-0.39, 0.29) is 17.2 Å². The minimum absolute atomic E-state index is 0.0122. The molecule has 0 N–H and O–H groups in total. The molecule has 0 aromatic rings. The lowest BCUT2D eigenvalue weighted by Crippen LogP contribution is -2.44. The van der Waals surface area contributed by atoms with E-state index in [9.17, 15) is 9.59 Å². The molecule has 3 heteroatoms. The molecule has 0 bridgehead atoms. The molecular formula is C10H15NO2. The number of carbonyl (C=O) groups is 2. The molecule has 2 amide bonds. The summed E-state index contributed by atoms with van der Waals surface area (Å²) in [6, 6.07) is 0. The van der Waals surface area contributed by atoms with E-state index >= 15 is 0 Å². The third-order valence-corrected chi connectivity index (χ3v) is 3.46. The summed E-state index contributed by atoms with van der Waals surface area (Å²) < 4.78 is 0. The molecule has 1 saturated heterocycles. The standard InChI is InChI=1S/C10H15NO2/c1-11-8(12)6-10(7-9(11)13)4-2-3-5-10/h2-7H2,1H3. The van der Waals surface area contributed by atoms with Crippen molar-refractivity contribution in [2.24, 2.45) is 5.41 Å². The van der Waals surface area contributed by atoms with Crippen molar-refractivity contribution in [3.05, 3.63) is 0 Å². The van der Waals surface area contributed by atoms with Crippen LogP contribution < -0.4 is 0 Å². The molecule has 0 aromatic carbocycles. The van der Waals surface area contributed by atoms with Gasteiger partial charge in [-0.3, -0.25) is 14.5 Å². The van der Waals surface area contributed by atoms with Crippen LogP contribution in [0, 0.1) is 5.41 Å². The SMILES string of the molecule is CN1C(=O)CC2(CCCC2)CC1=O. The van der Waals surface area contributed by atoms with Gasteiger partial charge in [0.15, 0.2) is 0 Å². The summed E-state index contributed by atoms with van der Waals surface area (Å²) >= 11 is 0. The topological polar surface area (TPSA) is 37.4 Å². The highest BCUT2D eigenvalue weighted by Crippen LogP contribution is 2.46. The van der Waals surface area contributed by atoms with Crippen molar-refractivity contribution in [2.75, 3.05) is 7.05 Å². The summed E-state index contributed by atoms with van der Waals surface area (Å²) in [7, 11) is 1.59. The van der Waals surface area contributed by atoms with Crippen LogP contribution in [0.25, 0.3) is 0 Å². The maximum absolute atomic E-state index is 11.5. The second-order valence-electron chi connectivity index (χ2n) is 4.41. The number of nitrogens with zero attached hydrogens (tertiary/aromatic N) is 1. The minimum Gasteiger partial charge on any atom is -0.286 e. The first-order chi connectivity index (χ1) is 6.13. The van der Waals surface area contributed by atoms with Gasteiger partial charge in [-0.05, 0) is 18.3 Å². The van der Waals surface area contributed by atoms with Gasteiger partial charge < -0.3 is 0 Å². The highest BCUT2D eigenvalue weighted by atomic mass is 16.2. The van der Waals surface area contributed by atoms with Gasteiger partial charge in [-0.2, -0.15) is 0 Å². The van der Waals surface area contributed by atoms with Gasteiger partial charge in [-0.25, -0.2) is 0 Å². The molecule has 1 spiro atoms. The Hall–Kier alpha value is -0.860. The lowest BCUT2D eigenvalue weighted by Gasteiger charge is -2.35. The Balaban J connectivity index is 2.17. The molecule has 0 radical (unpaired) electrons. The van der Waals surface area contributed by atoms with Crippen molar-refractivity contribution >= 4 is 11.8 Å². The molecule has 0 atom stereocenters. The molecule has 1 aliphatic carbocycles. The summed E-state index contributed by atoms with van der Waals surface area (Å²) in [4.78, 5) is 24.2. The average molecular weight is 181 g/mol. The van der Waals surface area contributed by atoms with E-state index in [0.717, 1.165) is 12.8 Å². The van der Waals surface area contributed by atoms with Gasteiger partial charge in [0.05, 0.1) is 0 Å². The molecule has 0 aromatic heterocycles. The fourth-order valence-corrected chi connectivity index (χ4v) is 2.56. The maximum Gasteiger partial charge on any atom is 0.229 e. The van der Waals surface area contributed by atoms with Gasteiger partial charge in [0.2, 0.25) is 11.8 Å². The fourth-order valence-electron chi connectivity index (χ4n) is 2.56. The number of amides is 2. The van der Waals surface area contributed by atoms with Gasteiger partial charge in [0.25, 0.3) is 0 Å². The number of hydrogen-bond acceptors (Lipinski definition) is 2. The number of rotatable bonds is 0. The van der Waals surface area contributed by atoms with Crippen LogP contribution in [0.3, 0.4) is 0 Å². The van der Waals surface area contributed by atoms with Crippen LogP contribution in [0.5, 0.6) is 0 Å². The van der Waals surface area contributed by atoms with Crippen LogP contribution in [-0.2, 0) is 9.59 Å². The van der Waals surface area contributed by atoms with Crippen molar-refractivity contribution in [1.29, 1.82) is 0 Å². The Kier molecular flexibility index (Phi) is 1.90. The van der Waals surface area contributed by atoms with E-state index in [2.05, 4.69) is 0 Å². The van der Waals surface area contributed by atoms with E-state index in [4.69, 9.17) is 0 Å². The lowest BCUT2D eigenvalue weighted by molar-refractivity contribution is -0.151. The molecule has 3 nitrogen and oxygen atoms in total. The first kappa shape index (κ1) is 8.73. The molecule has 72 valence electrons. The highest BCUT2D eigenvalue weighted by molar-refractivity contribution is 5.98. The second-order valence-corrected chi connectivity index (χ2v) is 4.41. The van der Waals surface area contributed by atoms with Crippen molar-refractivity contribution in [3.63, 3.8) is 0 Å². The van der Waals surface area contributed by atoms with Gasteiger partial charge in [-0.15, -0.1) is 0 Å². The van der Waals surface area contributed by atoms with Crippen LogP contribution in [0.2, 0.25) is 0 Å². The van der Waals surface area contributed by atoms with Crippen LogP contribution >= 0.6 is 0 Å². The van der Waals surface area contributed by atoms with E-state index in [1.54, 1.807) is 7.05 Å². The Labute approximate surface area is 78.1 Å². The molecule has 1 heterocycles. The number of likely N-dealkylation sites (tertiary alicyclic amines) is 1. The Morgan fingerprint density at radius 3 is 2.00 bits per heavy atom. The molecule has 2 rings (SSSR count). The van der Waals surface area contributed by atoms with E-state index in [1.807, 2.05) is 0 Å². The molecule has 1 saturated carbocycles. The number of carbonyl (C=O) groups excluding carboxylic acids is 2. The third kappa shape index (κ3) is 1.36.